The zero-order valence-corrected chi connectivity index (χ0v) is 12.8. The Balaban J connectivity index is 1.89. The van der Waals surface area contributed by atoms with E-state index in [4.69, 9.17) is 11.6 Å². The molecule has 1 aromatic carbocycles. The minimum absolute atomic E-state index is 0.528. The highest BCUT2D eigenvalue weighted by Gasteiger charge is 2.10. The van der Waals surface area contributed by atoms with Crippen LogP contribution in [0.1, 0.15) is 23.8 Å². The standard InChI is InChI=1S/C16H20ClNS/c1-2-18-14(12-15-10-11-16(17)19-15)9-8-13-6-4-3-5-7-13/h3-7,10-11,14,18H,2,8-9,12H2,1H3. The van der Waals surface area contributed by atoms with Crippen molar-refractivity contribution in [2.24, 2.45) is 0 Å². The summed E-state index contributed by atoms with van der Waals surface area (Å²) < 4.78 is 0.883. The Morgan fingerprint density at radius 1 is 1.16 bits per heavy atom. The maximum absolute atomic E-state index is 5.99. The molecule has 0 bridgehead atoms. The van der Waals surface area contributed by atoms with Crippen molar-refractivity contribution in [2.45, 2.75) is 32.2 Å². The molecule has 0 radical (unpaired) electrons. The van der Waals surface area contributed by atoms with Gasteiger partial charge in [-0.25, -0.2) is 0 Å². The van der Waals surface area contributed by atoms with Crippen LogP contribution in [-0.2, 0) is 12.8 Å². The molecule has 2 rings (SSSR count). The number of nitrogens with one attached hydrogen (secondary N) is 1. The summed E-state index contributed by atoms with van der Waals surface area (Å²) in [5.41, 5.74) is 1.41. The second kappa shape index (κ2) is 7.68. The first kappa shape index (κ1) is 14.6. The summed E-state index contributed by atoms with van der Waals surface area (Å²) in [7, 11) is 0. The van der Waals surface area contributed by atoms with Crippen LogP contribution in [0.15, 0.2) is 42.5 Å². The summed E-state index contributed by atoms with van der Waals surface area (Å²) in [5.74, 6) is 0. The second-order valence-corrected chi connectivity index (χ2v) is 6.49. The van der Waals surface area contributed by atoms with Gasteiger partial charge in [0.1, 0.15) is 0 Å². The zero-order valence-electron chi connectivity index (χ0n) is 11.2. The summed E-state index contributed by atoms with van der Waals surface area (Å²) in [6.45, 7) is 3.18. The van der Waals surface area contributed by atoms with E-state index < -0.39 is 0 Å². The van der Waals surface area contributed by atoms with Crippen molar-refractivity contribution >= 4 is 22.9 Å². The zero-order chi connectivity index (χ0) is 13.5. The highest BCUT2D eigenvalue weighted by Crippen LogP contribution is 2.23. The molecule has 1 atom stereocenters. The van der Waals surface area contributed by atoms with Crippen LogP contribution in [0.25, 0.3) is 0 Å². The van der Waals surface area contributed by atoms with E-state index >= 15 is 0 Å². The summed E-state index contributed by atoms with van der Waals surface area (Å²) in [6, 6.07) is 15.3. The van der Waals surface area contributed by atoms with E-state index in [0.717, 1.165) is 30.1 Å². The molecule has 102 valence electrons. The van der Waals surface area contributed by atoms with Crippen LogP contribution in [0.2, 0.25) is 4.34 Å². The fraction of sp³-hybridized carbons (Fsp3) is 0.375. The van der Waals surface area contributed by atoms with Crippen LogP contribution in [-0.4, -0.2) is 12.6 Å². The van der Waals surface area contributed by atoms with Crippen LogP contribution >= 0.6 is 22.9 Å². The number of benzene rings is 1. The molecule has 0 fully saturated rings. The molecular formula is C16H20ClNS. The van der Waals surface area contributed by atoms with Crippen molar-refractivity contribution in [1.29, 1.82) is 0 Å². The van der Waals surface area contributed by atoms with Crippen molar-refractivity contribution in [1.82, 2.24) is 5.32 Å². The third kappa shape index (κ3) is 4.98. The van der Waals surface area contributed by atoms with Crippen LogP contribution in [0.5, 0.6) is 0 Å². The van der Waals surface area contributed by atoms with Crippen LogP contribution in [0.3, 0.4) is 0 Å². The van der Waals surface area contributed by atoms with Gasteiger partial charge in [0.05, 0.1) is 4.34 Å². The van der Waals surface area contributed by atoms with Crippen molar-refractivity contribution in [2.75, 3.05) is 6.54 Å². The van der Waals surface area contributed by atoms with Gasteiger partial charge in [-0.1, -0.05) is 48.9 Å². The van der Waals surface area contributed by atoms with Gasteiger partial charge >= 0.3 is 0 Å². The van der Waals surface area contributed by atoms with Crippen LogP contribution in [0, 0.1) is 0 Å². The lowest BCUT2D eigenvalue weighted by molar-refractivity contribution is 0.494. The van der Waals surface area contributed by atoms with E-state index in [2.05, 4.69) is 48.6 Å². The van der Waals surface area contributed by atoms with Gasteiger partial charge in [-0.2, -0.15) is 0 Å². The Kier molecular flexibility index (Phi) is 5.90. The molecular weight excluding hydrogens is 274 g/mol. The van der Waals surface area contributed by atoms with Gasteiger partial charge < -0.3 is 5.32 Å². The molecule has 3 heteroatoms. The summed E-state index contributed by atoms with van der Waals surface area (Å²) >= 11 is 7.68. The molecule has 1 unspecified atom stereocenters. The number of rotatable bonds is 7. The molecule has 1 heterocycles. The third-order valence-corrected chi connectivity index (χ3v) is 4.45. The van der Waals surface area contributed by atoms with E-state index in [9.17, 15) is 0 Å². The van der Waals surface area contributed by atoms with Gasteiger partial charge in [-0.05, 0) is 43.5 Å². The Morgan fingerprint density at radius 3 is 2.58 bits per heavy atom. The molecule has 0 aliphatic carbocycles. The highest BCUT2D eigenvalue weighted by atomic mass is 35.5. The fourth-order valence-corrected chi connectivity index (χ4v) is 3.42. The molecule has 0 saturated heterocycles. The number of aryl methyl sites for hydroxylation is 1. The third-order valence-electron chi connectivity index (χ3n) is 3.19. The molecule has 2 aromatic rings. The number of hydrogen-bond acceptors (Lipinski definition) is 2. The molecule has 1 N–H and O–H groups in total. The van der Waals surface area contributed by atoms with E-state index in [0.29, 0.717) is 6.04 Å². The van der Waals surface area contributed by atoms with Crippen molar-refractivity contribution in [3.05, 3.63) is 57.2 Å². The SMILES string of the molecule is CCNC(CCc1ccccc1)Cc1ccc(Cl)s1. The fourth-order valence-electron chi connectivity index (χ4n) is 2.25. The minimum Gasteiger partial charge on any atom is -0.314 e. The van der Waals surface area contributed by atoms with E-state index in [1.807, 2.05) is 6.07 Å². The molecule has 0 amide bonds. The predicted octanol–water partition coefficient (Wildman–Crippen LogP) is 4.55. The van der Waals surface area contributed by atoms with Crippen molar-refractivity contribution in [3.8, 4) is 0 Å². The van der Waals surface area contributed by atoms with Gasteiger partial charge in [0.25, 0.3) is 0 Å². The normalized spacial score (nSPS) is 12.5. The van der Waals surface area contributed by atoms with E-state index in [1.165, 1.54) is 10.4 Å². The Labute approximate surface area is 124 Å². The minimum atomic E-state index is 0.528. The Bertz CT molecular complexity index is 481. The van der Waals surface area contributed by atoms with Crippen LogP contribution < -0.4 is 5.32 Å². The number of halogens is 1. The molecule has 0 aliphatic rings. The lowest BCUT2D eigenvalue weighted by Gasteiger charge is -2.17. The smallest absolute Gasteiger partial charge is 0.0931 e. The first-order chi connectivity index (χ1) is 9.28. The lowest BCUT2D eigenvalue weighted by Crippen LogP contribution is -2.31. The van der Waals surface area contributed by atoms with Gasteiger partial charge in [0.15, 0.2) is 0 Å². The quantitative estimate of drug-likeness (QED) is 0.789. The number of hydrogen-bond donors (Lipinski definition) is 1. The summed E-state index contributed by atoms with van der Waals surface area (Å²) in [6.07, 6.45) is 3.35. The summed E-state index contributed by atoms with van der Waals surface area (Å²) in [5, 5.41) is 3.57. The average Bonchev–Trinajstić information content (AvgIpc) is 2.83. The first-order valence-corrected chi connectivity index (χ1v) is 7.99. The molecule has 1 nitrogen and oxygen atoms in total. The lowest BCUT2D eigenvalue weighted by atomic mass is 10.0. The largest absolute Gasteiger partial charge is 0.314 e. The van der Waals surface area contributed by atoms with Gasteiger partial charge in [0, 0.05) is 10.9 Å². The van der Waals surface area contributed by atoms with E-state index in [1.54, 1.807) is 11.3 Å². The Morgan fingerprint density at radius 2 is 1.95 bits per heavy atom. The number of thiophene rings is 1. The topological polar surface area (TPSA) is 12.0 Å². The summed E-state index contributed by atoms with van der Waals surface area (Å²) in [4.78, 5) is 1.36. The monoisotopic (exact) mass is 293 g/mol. The van der Waals surface area contributed by atoms with Crippen molar-refractivity contribution < 1.29 is 0 Å². The number of likely N-dealkylation sites (N-methyl/N-ethyl adjacent to an activating group) is 1. The molecule has 1 aromatic heterocycles. The highest BCUT2D eigenvalue weighted by molar-refractivity contribution is 7.16. The average molecular weight is 294 g/mol. The predicted molar refractivity (Wildman–Crippen MR) is 85.3 cm³/mol. The van der Waals surface area contributed by atoms with Crippen LogP contribution in [0.4, 0.5) is 0 Å². The van der Waals surface area contributed by atoms with Gasteiger partial charge in [-0.15, -0.1) is 11.3 Å². The second-order valence-electron chi connectivity index (χ2n) is 4.69. The van der Waals surface area contributed by atoms with Crippen molar-refractivity contribution in [3.63, 3.8) is 0 Å². The maximum Gasteiger partial charge on any atom is 0.0931 e. The van der Waals surface area contributed by atoms with Gasteiger partial charge in [0.2, 0.25) is 0 Å². The maximum atomic E-state index is 5.99. The first-order valence-electron chi connectivity index (χ1n) is 6.79. The molecule has 0 aliphatic heterocycles. The Hall–Kier alpha value is -0.830. The van der Waals surface area contributed by atoms with Gasteiger partial charge in [-0.3, -0.25) is 0 Å². The molecule has 0 saturated carbocycles. The molecule has 0 spiro atoms. The molecule has 19 heavy (non-hydrogen) atoms. The van der Waals surface area contributed by atoms with E-state index in [-0.39, 0.29) is 0 Å².